The van der Waals surface area contributed by atoms with Gasteiger partial charge >= 0.3 is 17.9 Å². The summed E-state index contributed by atoms with van der Waals surface area (Å²) < 4.78 is 0. The molecule has 0 aliphatic heterocycles. The lowest BCUT2D eigenvalue weighted by Crippen LogP contribution is -2.23. The van der Waals surface area contributed by atoms with Crippen molar-refractivity contribution in [3.05, 3.63) is 35.5 Å². The molecular formula is C21H33NO6. The zero-order valence-corrected chi connectivity index (χ0v) is 17.3. The SMILES string of the molecule is C=C(C(=O)O)C(C)(C=C(CCCCC)C(=O)O)C=C(CCCN(C)C)C(=O)O. The van der Waals surface area contributed by atoms with Crippen LogP contribution in [0.2, 0.25) is 0 Å². The smallest absolute Gasteiger partial charge is 0.332 e. The first-order chi connectivity index (χ1) is 12.9. The van der Waals surface area contributed by atoms with Gasteiger partial charge in [-0.25, -0.2) is 14.4 Å². The highest BCUT2D eigenvalue weighted by Crippen LogP contribution is 2.34. The highest BCUT2D eigenvalue weighted by Gasteiger charge is 2.31. The van der Waals surface area contributed by atoms with E-state index in [4.69, 9.17) is 0 Å². The Balaban J connectivity index is 6.06. The Kier molecular flexibility index (Phi) is 11.1. The molecule has 7 nitrogen and oxygen atoms in total. The predicted molar refractivity (Wildman–Crippen MR) is 108 cm³/mol. The van der Waals surface area contributed by atoms with Gasteiger partial charge in [-0.05, 0) is 53.2 Å². The zero-order valence-electron chi connectivity index (χ0n) is 17.3. The summed E-state index contributed by atoms with van der Waals surface area (Å²) in [6, 6.07) is 0. The van der Waals surface area contributed by atoms with Crippen LogP contribution in [0.25, 0.3) is 0 Å². The van der Waals surface area contributed by atoms with Crippen LogP contribution < -0.4 is 0 Å². The molecule has 0 rings (SSSR count). The summed E-state index contributed by atoms with van der Waals surface area (Å²) in [7, 11) is 3.75. The van der Waals surface area contributed by atoms with Crippen molar-refractivity contribution in [2.45, 2.75) is 52.4 Å². The minimum atomic E-state index is -1.42. The molecular weight excluding hydrogens is 362 g/mol. The minimum Gasteiger partial charge on any atom is -0.478 e. The van der Waals surface area contributed by atoms with Crippen molar-refractivity contribution >= 4 is 17.9 Å². The molecule has 0 saturated heterocycles. The van der Waals surface area contributed by atoms with Gasteiger partial charge in [0.2, 0.25) is 0 Å². The average Bonchev–Trinajstić information content (AvgIpc) is 2.58. The van der Waals surface area contributed by atoms with Gasteiger partial charge in [0, 0.05) is 22.1 Å². The molecule has 0 aromatic rings. The number of rotatable bonds is 14. The summed E-state index contributed by atoms with van der Waals surface area (Å²) in [6.45, 7) is 7.73. The molecule has 0 radical (unpaired) electrons. The van der Waals surface area contributed by atoms with Crippen LogP contribution in [0.4, 0.5) is 0 Å². The van der Waals surface area contributed by atoms with Crippen molar-refractivity contribution in [3.8, 4) is 0 Å². The summed E-state index contributed by atoms with van der Waals surface area (Å²) in [5.41, 5.74) is -1.58. The van der Waals surface area contributed by atoms with Crippen molar-refractivity contribution in [2.24, 2.45) is 5.41 Å². The highest BCUT2D eigenvalue weighted by molar-refractivity contribution is 5.92. The lowest BCUT2D eigenvalue weighted by atomic mass is 9.78. The molecule has 0 bridgehead atoms. The number of hydrogen-bond donors (Lipinski definition) is 3. The molecule has 28 heavy (non-hydrogen) atoms. The minimum absolute atomic E-state index is 0.0429. The van der Waals surface area contributed by atoms with E-state index in [1.165, 1.54) is 19.1 Å². The van der Waals surface area contributed by atoms with Crippen molar-refractivity contribution in [3.63, 3.8) is 0 Å². The van der Waals surface area contributed by atoms with E-state index in [9.17, 15) is 29.7 Å². The fraction of sp³-hybridized carbons (Fsp3) is 0.571. The molecule has 0 fully saturated rings. The van der Waals surface area contributed by atoms with Crippen molar-refractivity contribution < 1.29 is 29.7 Å². The topological polar surface area (TPSA) is 115 Å². The van der Waals surface area contributed by atoms with E-state index in [0.29, 0.717) is 19.4 Å². The first-order valence-electron chi connectivity index (χ1n) is 9.42. The second kappa shape index (κ2) is 12.1. The maximum Gasteiger partial charge on any atom is 0.332 e. The lowest BCUT2D eigenvalue weighted by Gasteiger charge is -2.25. The van der Waals surface area contributed by atoms with E-state index in [0.717, 1.165) is 12.8 Å². The van der Waals surface area contributed by atoms with E-state index >= 15 is 0 Å². The van der Waals surface area contributed by atoms with Crippen LogP contribution in [0, 0.1) is 5.41 Å². The first kappa shape index (κ1) is 25.6. The fourth-order valence-corrected chi connectivity index (χ4v) is 2.80. The molecule has 0 aromatic heterocycles. The Morgan fingerprint density at radius 1 is 0.893 bits per heavy atom. The molecule has 0 saturated carbocycles. The van der Waals surface area contributed by atoms with Crippen molar-refractivity contribution in [2.75, 3.05) is 20.6 Å². The van der Waals surface area contributed by atoms with Gasteiger partial charge in [0.15, 0.2) is 0 Å². The number of hydrogen-bond acceptors (Lipinski definition) is 4. The van der Waals surface area contributed by atoms with Gasteiger partial charge in [0.1, 0.15) is 0 Å². The van der Waals surface area contributed by atoms with Crippen LogP contribution in [-0.4, -0.2) is 58.8 Å². The Morgan fingerprint density at radius 2 is 1.36 bits per heavy atom. The molecule has 0 aliphatic rings. The molecule has 0 amide bonds. The molecule has 7 heteroatoms. The van der Waals surface area contributed by atoms with Crippen LogP contribution >= 0.6 is 0 Å². The third kappa shape index (κ3) is 8.99. The van der Waals surface area contributed by atoms with E-state index in [1.807, 2.05) is 25.9 Å². The van der Waals surface area contributed by atoms with E-state index in [2.05, 4.69) is 6.58 Å². The van der Waals surface area contributed by atoms with Crippen LogP contribution in [0.15, 0.2) is 35.5 Å². The Bertz CT molecular complexity index is 647. The van der Waals surface area contributed by atoms with Crippen molar-refractivity contribution in [1.29, 1.82) is 0 Å². The molecule has 1 atom stereocenters. The number of carbonyl (C=O) groups is 3. The summed E-state index contributed by atoms with van der Waals surface area (Å²) >= 11 is 0. The van der Waals surface area contributed by atoms with E-state index < -0.39 is 23.3 Å². The van der Waals surface area contributed by atoms with E-state index in [-0.39, 0.29) is 29.6 Å². The first-order valence-corrected chi connectivity index (χ1v) is 9.42. The maximum atomic E-state index is 11.7. The van der Waals surface area contributed by atoms with Crippen LogP contribution in [0.3, 0.4) is 0 Å². The molecule has 1 unspecified atom stereocenters. The van der Waals surface area contributed by atoms with Crippen molar-refractivity contribution in [1.82, 2.24) is 4.90 Å². The number of nitrogens with zero attached hydrogens (tertiary/aromatic N) is 1. The average molecular weight is 395 g/mol. The van der Waals surface area contributed by atoms with Gasteiger partial charge < -0.3 is 20.2 Å². The number of carboxylic acids is 3. The van der Waals surface area contributed by atoms with Crippen LogP contribution in [-0.2, 0) is 14.4 Å². The fourth-order valence-electron chi connectivity index (χ4n) is 2.80. The molecule has 0 spiro atoms. The number of allylic oxidation sites excluding steroid dienone is 2. The van der Waals surface area contributed by atoms with Gasteiger partial charge in [-0.3, -0.25) is 0 Å². The Labute approximate surface area is 167 Å². The lowest BCUT2D eigenvalue weighted by molar-refractivity contribution is -0.134. The molecule has 158 valence electrons. The second-order valence-electron chi connectivity index (χ2n) is 7.38. The standard InChI is InChI=1S/C21H33NO6/c1-6-7-8-10-16(19(25)26)13-21(3,15(2)18(23)24)14-17(20(27)28)11-9-12-22(4)5/h13-14H,2,6-12H2,1,3-5H3,(H,23,24)(H,25,26)(H,27,28). The molecule has 0 heterocycles. The second-order valence-corrected chi connectivity index (χ2v) is 7.38. The van der Waals surface area contributed by atoms with Gasteiger partial charge in [0.25, 0.3) is 0 Å². The van der Waals surface area contributed by atoms with Crippen LogP contribution in [0.5, 0.6) is 0 Å². The summed E-state index contributed by atoms with van der Waals surface area (Å²) in [6.07, 6.45) is 6.17. The maximum absolute atomic E-state index is 11.7. The zero-order chi connectivity index (χ0) is 21.9. The summed E-state index contributed by atoms with van der Waals surface area (Å²) in [4.78, 5) is 36.8. The van der Waals surface area contributed by atoms with Crippen LogP contribution in [0.1, 0.15) is 52.4 Å². The molecule has 0 aromatic carbocycles. The quantitative estimate of drug-likeness (QED) is 0.304. The summed E-state index contributed by atoms with van der Waals surface area (Å²) in [5.74, 6) is -3.59. The van der Waals surface area contributed by atoms with Gasteiger partial charge in [-0.15, -0.1) is 0 Å². The van der Waals surface area contributed by atoms with E-state index in [1.54, 1.807) is 0 Å². The molecule has 3 N–H and O–H groups in total. The van der Waals surface area contributed by atoms with Gasteiger partial charge in [0.05, 0.1) is 0 Å². The summed E-state index contributed by atoms with van der Waals surface area (Å²) in [5, 5.41) is 28.5. The Hall–Kier alpha value is -2.41. The number of carboxylic acid groups (broad SMARTS) is 3. The largest absolute Gasteiger partial charge is 0.478 e. The van der Waals surface area contributed by atoms with Gasteiger partial charge in [-0.1, -0.05) is 38.5 Å². The number of aliphatic carboxylic acids is 3. The molecule has 0 aliphatic carbocycles. The number of unbranched alkanes of at least 4 members (excludes halogenated alkanes) is 2. The van der Waals surface area contributed by atoms with Gasteiger partial charge in [-0.2, -0.15) is 0 Å². The highest BCUT2D eigenvalue weighted by atomic mass is 16.4. The normalized spacial score (nSPS) is 14.6. The Morgan fingerprint density at radius 3 is 1.71 bits per heavy atom. The third-order valence-corrected chi connectivity index (χ3v) is 4.51. The predicted octanol–water partition coefficient (Wildman–Crippen LogP) is 3.58. The third-order valence-electron chi connectivity index (χ3n) is 4.51. The monoisotopic (exact) mass is 395 g/mol.